The molecule has 1 aromatic heterocycles. The summed E-state index contributed by atoms with van der Waals surface area (Å²) in [5.41, 5.74) is -0.411. The van der Waals surface area contributed by atoms with Crippen LogP contribution in [0.5, 0.6) is 0 Å². The van der Waals surface area contributed by atoms with Crippen LogP contribution in [-0.4, -0.2) is 28.0 Å². The molecule has 2 aliphatic rings. The first-order valence-corrected chi connectivity index (χ1v) is 9.76. The van der Waals surface area contributed by atoms with Crippen molar-refractivity contribution < 1.29 is 13.2 Å². The second-order valence-electron chi connectivity index (χ2n) is 8.21. The second-order valence-corrected chi connectivity index (χ2v) is 8.21. The van der Waals surface area contributed by atoms with E-state index < -0.39 is 23.0 Å². The number of rotatable bonds is 3. The number of nitrogens with zero attached hydrogens (tertiary/aromatic N) is 2. The zero-order valence-electron chi connectivity index (χ0n) is 15.9. The predicted octanol–water partition coefficient (Wildman–Crippen LogP) is 4.53. The van der Waals surface area contributed by atoms with Crippen LogP contribution in [0.25, 0.3) is 11.4 Å². The Hall–Kier alpha value is -2.15. The van der Waals surface area contributed by atoms with Crippen LogP contribution >= 0.6 is 0 Å². The highest BCUT2D eigenvalue weighted by Gasteiger charge is 2.40. The molecule has 1 saturated carbocycles. The van der Waals surface area contributed by atoms with Gasteiger partial charge in [-0.25, -0.2) is 4.98 Å². The molecule has 4 rings (SSSR count). The summed E-state index contributed by atoms with van der Waals surface area (Å²) in [6.07, 6.45) is 1.65. The maximum absolute atomic E-state index is 13.3. The molecule has 7 heteroatoms. The Balaban J connectivity index is 1.66. The van der Waals surface area contributed by atoms with Gasteiger partial charge in [0.1, 0.15) is 5.82 Å². The van der Waals surface area contributed by atoms with Crippen molar-refractivity contribution in [2.45, 2.75) is 51.7 Å². The van der Waals surface area contributed by atoms with E-state index in [1.807, 2.05) is 12.1 Å². The van der Waals surface area contributed by atoms with Gasteiger partial charge in [-0.1, -0.05) is 37.1 Å². The van der Waals surface area contributed by atoms with Crippen molar-refractivity contribution in [3.63, 3.8) is 0 Å². The number of aromatic nitrogens is 2. The fraction of sp³-hybridized carbons (Fsp3) is 0.524. The minimum Gasteiger partial charge on any atom is -0.306 e. The van der Waals surface area contributed by atoms with Crippen molar-refractivity contribution in [1.82, 2.24) is 14.9 Å². The van der Waals surface area contributed by atoms with Crippen LogP contribution in [0, 0.1) is 12.3 Å². The Morgan fingerprint density at radius 2 is 1.89 bits per heavy atom. The molecule has 0 amide bonds. The standard InChI is InChI=1S/C21H24F3N3O/c1-14-17(21(22,23)24)25-18(26-19(14)28)16-7-3-2-6-15(16)12-27-11-10-20(13-27)8-4-5-9-20/h2-3,6-7H,4-5,8-13H2,1H3,(H,25,26,28). The molecule has 4 nitrogen and oxygen atoms in total. The van der Waals surface area contributed by atoms with E-state index in [1.165, 1.54) is 32.1 Å². The Labute approximate surface area is 161 Å². The number of hydrogen-bond donors (Lipinski definition) is 1. The third kappa shape index (κ3) is 3.60. The predicted molar refractivity (Wildman–Crippen MR) is 101 cm³/mol. The lowest BCUT2D eigenvalue weighted by Crippen LogP contribution is -2.25. The van der Waals surface area contributed by atoms with Gasteiger partial charge in [0.15, 0.2) is 5.69 Å². The highest BCUT2D eigenvalue weighted by Crippen LogP contribution is 2.45. The monoisotopic (exact) mass is 391 g/mol. The summed E-state index contributed by atoms with van der Waals surface area (Å²) < 4.78 is 39.9. The minimum absolute atomic E-state index is 0.0201. The molecule has 2 heterocycles. The molecule has 1 N–H and O–H groups in total. The van der Waals surface area contributed by atoms with Gasteiger partial charge < -0.3 is 4.98 Å². The second kappa shape index (κ2) is 7.03. The van der Waals surface area contributed by atoms with E-state index in [0.717, 1.165) is 25.6 Å². The molecule has 28 heavy (non-hydrogen) atoms. The van der Waals surface area contributed by atoms with E-state index in [1.54, 1.807) is 12.1 Å². The van der Waals surface area contributed by atoms with E-state index in [0.29, 0.717) is 17.5 Å². The molecule has 1 aromatic carbocycles. The molecule has 2 fully saturated rings. The summed E-state index contributed by atoms with van der Waals surface area (Å²) in [5, 5.41) is 0. The van der Waals surface area contributed by atoms with Gasteiger partial charge in [-0.15, -0.1) is 0 Å². The normalized spacial score (nSPS) is 19.6. The number of benzene rings is 1. The number of hydrogen-bond acceptors (Lipinski definition) is 3. The number of alkyl halides is 3. The van der Waals surface area contributed by atoms with Crippen LogP contribution in [0.15, 0.2) is 29.1 Å². The third-order valence-corrected chi connectivity index (χ3v) is 6.27. The highest BCUT2D eigenvalue weighted by atomic mass is 19.4. The summed E-state index contributed by atoms with van der Waals surface area (Å²) in [7, 11) is 0. The number of halogens is 3. The molecule has 0 atom stereocenters. The lowest BCUT2D eigenvalue weighted by molar-refractivity contribution is -0.141. The van der Waals surface area contributed by atoms with Crippen molar-refractivity contribution >= 4 is 0 Å². The minimum atomic E-state index is -4.66. The average Bonchev–Trinajstić information content (AvgIpc) is 3.26. The van der Waals surface area contributed by atoms with Gasteiger partial charge in [0.05, 0.1) is 0 Å². The van der Waals surface area contributed by atoms with Crippen molar-refractivity contribution in [3.8, 4) is 11.4 Å². The van der Waals surface area contributed by atoms with Gasteiger partial charge in [-0.2, -0.15) is 13.2 Å². The maximum atomic E-state index is 13.3. The largest absolute Gasteiger partial charge is 0.433 e. The van der Waals surface area contributed by atoms with Crippen molar-refractivity contribution in [2.75, 3.05) is 13.1 Å². The summed E-state index contributed by atoms with van der Waals surface area (Å²) in [6.45, 7) is 3.83. The highest BCUT2D eigenvalue weighted by molar-refractivity contribution is 5.60. The molecule has 0 bridgehead atoms. The van der Waals surface area contributed by atoms with E-state index >= 15 is 0 Å². The van der Waals surface area contributed by atoms with Crippen LogP contribution in [0.3, 0.4) is 0 Å². The molecule has 1 aliphatic carbocycles. The van der Waals surface area contributed by atoms with Gasteiger partial charge in [0, 0.05) is 24.2 Å². The molecule has 150 valence electrons. The van der Waals surface area contributed by atoms with Crippen LogP contribution in [0.4, 0.5) is 13.2 Å². The molecular formula is C21H24F3N3O. The maximum Gasteiger partial charge on any atom is 0.433 e. The van der Waals surface area contributed by atoms with Crippen LogP contribution < -0.4 is 5.56 Å². The van der Waals surface area contributed by atoms with Crippen LogP contribution in [-0.2, 0) is 12.7 Å². The van der Waals surface area contributed by atoms with Gasteiger partial charge in [0.25, 0.3) is 5.56 Å². The van der Waals surface area contributed by atoms with Crippen molar-refractivity contribution in [2.24, 2.45) is 5.41 Å². The Kier molecular flexibility index (Phi) is 4.81. The summed E-state index contributed by atoms with van der Waals surface area (Å²) in [6, 6.07) is 7.26. The van der Waals surface area contributed by atoms with Crippen LogP contribution in [0.2, 0.25) is 0 Å². The molecule has 2 aromatic rings. The quantitative estimate of drug-likeness (QED) is 0.836. The van der Waals surface area contributed by atoms with E-state index in [-0.39, 0.29) is 5.82 Å². The van der Waals surface area contributed by atoms with Crippen LogP contribution in [0.1, 0.15) is 48.9 Å². The van der Waals surface area contributed by atoms with Crippen molar-refractivity contribution in [3.05, 3.63) is 51.4 Å². The lowest BCUT2D eigenvalue weighted by Gasteiger charge is -2.24. The summed E-state index contributed by atoms with van der Waals surface area (Å²) >= 11 is 0. The summed E-state index contributed by atoms with van der Waals surface area (Å²) in [5.74, 6) is -0.0201. The van der Waals surface area contributed by atoms with E-state index in [9.17, 15) is 18.0 Å². The van der Waals surface area contributed by atoms with Crippen molar-refractivity contribution in [1.29, 1.82) is 0 Å². The molecule has 1 spiro atoms. The first-order chi connectivity index (χ1) is 13.3. The van der Waals surface area contributed by atoms with Gasteiger partial charge >= 0.3 is 6.18 Å². The van der Waals surface area contributed by atoms with Gasteiger partial charge in [0.2, 0.25) is 0 Å². The lowest BCUT2D eigenvalue weighted by atomic mass is 9.86. The first kappa shape index (κ1) is 19.2. The first-order valence-electron chi connectivity index (χ1n) is 9.76. The topological polar surface area (TPSA) is 49.0 Å². The number of aromatic amines is 1. The van der Waals surface area contributed by atoms with E-state index in [2.05, 4.69) is 14.9 Å². The average molecular weight is 391 g/mol. The molecule has 0 radical (unpaired) electrons. The Bertz CT molecular complexity index is 929. The third-order valence-electron chi connectivity index (χ3n) is 6.27. The Morgan fingerprint density at radius 3 is 2.61 bits per heavy atom. The van der Waals surface area contributed by atoms with Gasteiger partial charge in [-0.3, -0.25) is 9.69 Å². The molecular weight excluding hydrogens is 367 g/mol. The molecule has 0 unspecified atom stereocenters. The van der Waals surface area contributed by atoms with E-state index in [4.69, 9.17) is 0 Å². The number of H-pyrrole nitrogens is 1. The zero-order valence-corrected chi connectivity index (χ0v) is 15.9. The summed E-state index contributed by atoms with van der Waals surface area (Å²) in [4.78, 5) is 20.8. The fourth-order valence-corrected chi connectivity index (χ4v) is 4.76. The number of nitrogens with one attached hydrogen (secondary N) is 1. The zero-order chi connectivity index (χ0) is 19.9. The fourth-order valence-electron chi connectivity index (χ4n) is 4.76. The Morgan fingerprint density at radius 1 is 1.18 bits per heavy atom. The van der Waals surface area contributed by atoms with Gasteiger partial charge in [-0.05, 0) is 43.7 Å². The SMILES string of the molecule is Cc1c(C(F)(F)F)nc(-c2ccccc2CN2CCC3(CCCC3)C2)[nH]c1=O. The number of likely N-dealkylation sites (tertiary alicyclic amines) is 1. The molecule has 1 aliphatic heterocycles. The smallest absolute Gasteiger partial charge is 0.306 e. The molecule has 1 saturated heterocycles.